The molecule has 1 nitrogen and oxygen atoms in total. The molecule has 1 aliphatic carbocycles. The number of hydrogen-bond donors (Lipinski definition) is 1. The summed E-state index contributed by atoms with van der Waals surface area (Å²) in [6.07, 6.45) is 49.5. The first-order valence-electron chi connectivity index (χ1n) is 24.0. The van der Waals surface area contributed by atoms with Gasteiger partial charge < -0.3 is 5.32 Å². The summed E-state index contributed by atoms with van der Waals surface area (Å²) in [6.45, 7) is 44.0. The zero-order chi connectivity index (χ0) is 49.0. The van der Waals surface area contributed by atoms with E-state index in [0.29, 0.717) is 0 Å². The van der Waals surface area contributed by atoms with E-state index in [-0.39, 0.29) is 10.8 Å². The second kappa shape index (κ2) is 66.7. The Labute approximate surface area is 399 Å². The summed E-state index contributed by atoms with van der Waals surface area (Å²) in [5.74, 6) is 1.18. The summed E-state index contributed by atoms with van der Waals surface area (Å²) in [6, 6.07) is 10.4. The van der Waals surface area contributed by atoms with Gasteiger partial charge in [0, 0.05) is 28.0 Å². The highest BCUT2D eigenvalue weighted by Gasteiger charge is 2.11. The normalized spacial score (nSPS) is 12.4. The van der Waals surface area contributed by atoms with Crippen LogP contribution in [-0.2, 0) is 0 Å². The number of rotatable bonds is 18. The number of benzene rings is 1. The third-order valence-electron chi connectivity index (χ3n) is 6.88. The first-order valence-corrected chi connectivity index (χ1v) is 25.9. The molecular formula is C59H103NS2. The fraction of sp³-hybridized carbons (Fsp3) is 0.492. The average Bonchev–Trinajstić information content (AvgIpc) is 3.48. The van der Waals surface area contributed by atoms with Crippen LogP contribution in [0, 0.1) is 10.8 Å². The van der Waals surface area contributed by atoms with E-state index in [4.69, 9.17) is 0 Å². The maximum Gasteiger partial charge on any atom is 0.0333 e. The summed E-state index contributed by atoms with van der Waals surface area (Å²) >= 11 is 3.58. The molecule has 1 N–H and O–H groups in total. The number of unbranched alkanes of at least 4 members (excludes halogenated alkanes) is 3. The van der Waals surface area contributed by atoms with Gasteiger partial charge in [-0.3, -0.25) is 0 Å². The third kappa shape index (κ3) is 71.1. The van der Waals surface area contributed by atoms with Crippen molar-refractivity contribution in [2.45, 2.75) is 175 Å². The van der Waals surface area contributed by atoms with Crippen molar-refractivity contribution in [2.24, 2.45) is 10.8 Å². The predicted octanol–water partition coefficient (Wildman–Crippen LogP) is 21.2. The molecular weight excluding hydrogens is 787 g/mol. The standard InChI is InChI=1S/C16H21N.C16H20S.C8H16.C6H12.C5H10S.4C2H6/c1-4-5-6-7-10-13-17-15-11-8-9-12-16(2,3)14-15;1-4-5-9-12-16(2,3)13-14-17-15-10-7-6-8-11-15;1-3-5-7-8-6-4-2;2*1-3-5-6-4-2;4*1-2/h4-12,14,17H,1,13H2,2-3H3;4-14H,1-3H3;3,5H,4,6-8H2,1-2H3;5-6H,3-4H2,1-2H3;3,5H,4H2,1-2H3;4*1-2H3/b6-5-,10-7-;5-4-,12-9-,14-13+;5-3+;6-5-;;;;;. The summed E-state index contributed by atoms with van der Waals surface area (Å²) in [5, 5.41) is 7.64. The predicted molar refractivity (Wildman–Crippen MR) is 303 cm³/mol. The molecule has 0 unspecified atom stereocenters. The van der Waals surface area contributed by atoms with Gasteiger partial charge in [0.25, 0.3) is 0 Å². The fourth-order valence-electron chi connectivity index (χ4n) is 4.00. The van der Waals surface area contributed by atoms with Gasteiger partial charge in [-0.2, -0.15) is 0 Å². The van der Waals surface area contributed by atoms with E-state index in [0.717, 1.165) is 12.2 Å². The molecule has 2 rings (SSSR count). The van der Waals surface area contributed by atoms with E-state index in [1.54, 1.807) is 17.8 Å². The lowest BCUT2D eigenvalue weighted by Crippen LogP contribution is -2.14. The van der Waals surface area contributed by atoms with Crippen molar-refractivity contribution < 1.29 is 0 Å². The van der Waals surface area contributed by atoms with E-state index in [9.17, 15) is 0 Å². The van der Waals surface area contributed by atoms with Gasteiger partial charge in [-0.15, -0.1) is 11.8 Å². The molecule has 1 aliphatic rings. The largest absolute Gasteiger partial charge is 0.382 e. The molecule has 0 amide bonds. The Morgan fingerprint density at radius 2 is 1.27 bits per heavy atom. The van der Waals surface area contributed by atoms with E-state index in [1.165, 1.54) is 49.2 Å². The zero-order valence-electron chi connectivity index (χ0n) is 44.3. The Hall–Kier alpha value is -3.40. The van der Waals surface area contributed by atoms with Crippen LogP contribution < -0.4 is 5.32 Å². The molecule has 3 heteroatoms. The summed E-state index contributed by atoms with van der Waals surface area (Å²) in [4.78, 5) is 1.27. The molecule has 0 spiro atoms. The van der Waals surface area contributed by atoms with Crippen molar-refractivity contribution in [2.75, 3.05) is 12.3 Å². The fourth-order valence-corrected chi connectivity index (χ4v) is 5.27. The molecule has 0 saturated heterocycles. The Balaban J connectivity index is -0.000000124. The maximum absolute atomic E-state index is 3.62. The quantitative estimate of drug-likeness (QED) is 0.0683. The molecule has 0 radical (unpaired) electrons. The highest BCUT2D eigenvalue weighted by Crippen LogP contribution is 2.25. The molecule has 356 valence electrons. The zero-order valence-corrected chi connectivity index (χ0v) is 45.9. The van der Waals surface area contributed by atoms with Gasteiger partial charge >= 0.3 is 0 Å². The molecule has 0 fully saturated rings. The van der Waals surface area contributed by atoms with Crippen LogP contribution in [0.5, 0.6) is 0 Å². The number of nitrogens with one attached hydrogen (secondary N) is 1. The second-order valence-corrected chi connectivity index (χ2v) is 15.4. The summed E-state index contributed by atoms with van der Waals surface area (Å²) < 4.78 is 0. The van der Waals surface area contributed by atoms with Gasteiger partial charge in [0.05, 0.1) is 0 Å². The van der Waals surface area contributed by atoms with E-state index >= 15 is 0 Å². The lowest BCUT2D eigenvalue weighted by molar-refractivity contribution is 0.618. The van der Waals surface area contributed by atoms with Crippen LogP contribution in [0.15, 0.2) is 180 Å². The van der Waals surface area contributed by atoms with Gasteiger partial charge in [0.1, 0.15) is 0 Å². The average molecular weight is 891 g/mol. The SMILES string of the molecule is C/C=C/CCCCC.C/C=C\C=C/C(C)(C)/C=C/Sc1ccccc1.C=C/C=C\C=C/CNC1=CC(C)(C)C=CC=C1.CC.CC.CC.CC.CC/C=C\CC.CC=CSCC. The van der Waals surface area contributed by atoms with Gasteiger partial charge in [0.15, 0.2) is 0 Å². The van der Waals surface area contributed by atoms with Gasteiger partial charge in [-0.25, -0.2) is 0 Å². The maximum atomic E-state index is 3.62. The first-order chi connectivity index (χ1) is 30.0. The van der Waals surface area contributed by atoms with Crippen molar-refractivity contribution in [1.82, 2.24) is 5.32 Å². The van der Waals surface area contributed by atoms with E-state index in [1.807, 2.05) is 117 Å². The Morgan fingerprint density at radius 3 is 1.76 bits per heavy atom. The van der Waals surface area contributed by atoms with Crippen LogP contribution in [0.25, 0.3) is 0 Å². The smallest absolute Gasteiger partial charge is 0.0333 e. The van der Waals surface area contributed by atoms with Crippen LogP contribution in [0.1, 0.15) is 170 Å². The lowest BCUT2D eigenvalue weighted by Gasteiger charge is -2.15. The second-order valence-electron chi connectivity index (χ2n) is 13.3. The molecule has 0 bridgehead atoms. The summed E-state index contributed by atoms with van der Waals surface area (Å²) in [7, 11) is 0. The highest BCUT2D eigenvalue weighted by molar-refractivity contribution is 8.02. The van der Waals surface area contributed by atoms with Crippen molar-refractivity contribution in [1.29, 1.82) is 0 Å². The minimum absolute atomic E-state index is 0.0985. The number of thioether (sulfide) groups is 2. The van der Waals surface area contributed by atoms with Crippen LogP contribution >= 0.6 is 23.5 Å². The van der Waals surface area contributed by atoms with Crippen molar-refractivity contribution in [3.63, 3.8) is 0 Å². The monoisotopic (exact) mass is 890 g/mol. The van der Waals surface area contributed by atoms with Crippen LogP contribution in [-0.4, -0.2) is 12.3 Å². The molecule has 0 atom stereocenters. The van der Waals surface area contributed by atoms with Gasteiger partial charge in [0.2, 0.25) is 0 Å². The van der Waals surface area contributed by atoms with Crippen LogP contribution in [0.2, 0.25) is 0 Å². The first kappa shape index (κ1) is 73.0. The van der Waals surface area contributed by atoms with Gasteiger partial charge in [-0.1, -0.05) is 276 Å². The summed E-state index contributed by atoms with van der Waals surface area (Å²) in [5.41, 5.74) is 1.37. The van der Waals surface area contributed by atoms with Crippen molar-refractivity contribution in [3.05, 3.63) is 175 Å². The lowest BCUT2D eigenvalue weighted by atomic mass is 9.92. The Morgan fingerprint density at radius 1 is 0.661 bits per heavy atom. The third-order valence-corrected chi connectivity index (χ3v) is 8.49. The van der Waals surface area contributed by atoms with Crippen molar-refractivity contribution >= 4 is 23.5 Å². The molecule has 1 aromatic carbocycles. The Bertz CT molecular complexity index is 1300. The van der Waals surface area contributed by atoms with Crippen LogP contribution in [0.3, 0.4) is 0 Å². The molecule has 0 aliphatic heterocycles. The number of hydrogen-bond acceptors (Lipinski definition) is 3. The topological polar surface area (TPSA) is 12.0 Å². The Kier molecular flexibility index (Phi) is 78.5. The van der Waals surface area contributed by atoms with E-state index < -0.39 is 0 Å². The molecule has 1 aromatic rings. The minimum Gasteiger partial charge on any atom is -0.382 e. The van der Waals surface area contributed by atoms with Crippen molar-refractivity contribution in [3.8, 4) is 0 Å². The highest BCUT2D eigenvalue weighted by atomic mass is 32.2. The number of allylic oxidation sites excluding steroid dienone is 19. The molecule has 0 heterocycles. The van der Waals surface area contributed by atoms with Gasteiger partial charge in [-0.05, 0) is 81.2 Å². The molecule has 0 saturated carbocycles. The van der Waals surface area contributed by atoms with E-state index in [2.05, 4.69) is 194 Å². The molecule has 62 heavy (non-hydrogen) atoms. The van der Waals surface area contributed by atoms with Crippen LogP contribution in [0.4, 0.5) is 0 Å². The molecule has 0 aromatic heterocycles. The minimum atomic E-state index is 0.0985.